The van der Waals surface area contributed by atoms with E-state index in [1.807, 2.05) is 0 Å². The Morgan fingerprint density at radius 1 is 1.44 bits per heavy atom. The summed E-state index contributed by atoms with van der Waals surface area (Å²) in [4.78, 5) is 22.7. The lowest BCUT2D eigenvalue weighted by Crippen LogP contribution is -2.43. The minimum absolute atomic E-state index is 0.0628. The number of carboxylic acids is 1. The maximum atomic E-state index is 11.8. The summed E-state index contributed by atoms with van der Waals surface area (Å²) in [5, 5.41) is 14.9. The van der Waals surface area contributed by atoms with Gasteiger partial charge in [-0.3, -0.25) is 4.79 Å². The van der Waals surface area contributed by atoms with E-state index in [1.165, 1.54) is 6.07 Å². The van der Waals surface area contributed by atoms with Crippen LogP contribution in [0.5, 0.6) is 0 Å². The Morgan fingerprint density at radius 3 is 2.72 bits per heavy atom. The van der Waals surface area contributed by atoms with Crippen molar-refractivity contribution < 1.29 is 14.7 Å². The number of hydrogen-bond acceptors (Lipinski definition) is 3. The van der Waals surface area contributed by atoms with Gasteiger partial charge < -0.3 is 15.7 Å². The average molecular weight is 248 g/mol. The van der Waals surface area contributed by atoms with Crippen molar-refractivity contribution in [3.05, 3.63) is 29.3 Å². The molecule has 1 aliphatic rings. The molecule has 2 rings (SSSR count). The zero-order chi connectivity index (χ0) is 13.1. The summed E-state index contributed by atoms with van der Waals surface area (Å²) in [5.74, 6) is -0.646. The van der Waals surface area contributed by atoms with Gasteiger partial charge in [-0.2, -0.15) is 0 Å². The predicted octanol–water partition coefficient (Wildman–Crippen LogP) is 1.24. The third kappa shape index (κ3) is 2.68. The standard InChI is InChI=1S/C13H16N2O3/c1-8-10(13(17)18)3-2-4-11(8)15-12(16)5-9-6-14-7-9/h2-4,9,14H,5-7H2,1H3,(H,15,16)(H,17,18). The molecule has 0 spiro atoms. The molecule has 3 N–H and O–H groups in total. The van der Waals surface area contributed by atoms with Crippen LogP contribution in [-0.2, 0) is 4.79 Å². The highest BCUT2D eigenvalue weighted by Gasteiger charge is 2.20. The quantitative estimate of drug-likeness (QED) is 0.749. The van der Waals surface area contributed by atoms with Gasteiger partial charge in [0.25, 0.3) is 0 Å². The lowest BCUT2D eigenvalue weighted by atomic mass is 9.99. The van der Waals surface area contributed by atoms with Crippen LogP contribution in [-0.4, -0.2) is 30.1 Å². The summed E-state index contributed by atoms with van der Waals surface area (Å²) in [6.45, 7) is 3.45. The normalized spacial score (nSPS) is 14.9. The van der Waals surface area contributed by atoms with Crippen LogP contribution in [0.3, 0.4) is 0 Å². The molecule has 0 aliphatic carbocycles. The third-order valence-electron chi connectivity index (χ3n) is 3.18. The molecule has 96 valence electrons. The van der Waals surface area contributed by atoms with E-state index in [4.69, 9.17) is 5.11 Å². The first-order chi connectivity index (χ1) is 8.58. The molecule has 1 aromatic carbocycles. The molecule has 0 aromatic heterocycles. The first-order valence-corrected chi connectivity index (χ1v) is 5.91. The summed E-state index contributed by atoms with van der Waals surface area (Å²) in [6.07, 6.45) is 0.476. The Balaban J connectivity index is 2.06. The monoisotopic (exact) mass is 248 g/mol. The molecule has 0 bridgehead atoms. The van der Waals surface area contributed by atoms with E-state index in [1.54, 1.807) is 19.1 Å². The van der Waals surface area contributed by atoms with E-state index >= 15 is 0 Å². The second-order valence-corrected chi connectivity index (χ2v) is 4.56. The van der Waals surface area contributed by atoms with E-state index < -0.39 is 5.97 Å². The Bertz CT molecular complexity index is 481. The summed E-state index contributed by atoms with van der Waals surface area (Å²) >= 11 is 0. The second-order valence-electron chi connectivity index (χ2n) is 4.56. The number of amides is 1. The highest BCUT2D eigenvalue weighted by molar-refractivity contribution is 5.96. The molecule has 0 radical (unpaired) electrons. The maximum Gasteiger partial charge on any atom is 0.336 e. The molecule has 5 heteroatoms. The number of rotatable bonds is 4. The van der Waals surface area contributed by atoms with Gasteiger partial charge in [0.05, 0.1) is 5.56 Å². The molecule has 1 aromatic rings. The number of hydrogen-bond donors (Lipinski definition) is 3. The van der Waals surface area contributed by atoms with Crippen molar-refractivity contribution in [2.45, 2.75) is 13.3 Å². The Morgan fingerprint density at radius 2 is 2.17 bits per heavy atom. The summed E-state index contributed by atoms with van der Waals surface area (Å²) in [7, 11) is 0. The smallest absolute Gasteiger partial charge is 0.336 e. The van der Waals surface area contributed by atoms with E-state index in [2.05, 4.69) is 10.6 Å². The van der Waals surface area contributed by atoms with Gasteiger partial charge in [0.1, 0.15) is 0 Å². The van der Waals surface area contributed by atoms with Gasteiger partial charge in [-0.15, -0.1) is 0 Å². The van der Waals surface area contributed by atoms with Gasteiger partial charge in [0, 0.05) is 12.1 Å². The molecule has 0 atom stereocenters. The molecule has 1 aliphatic heterocycles. The summed E-state index contributed by atoms with van der Waals surface area (Å²) in [5.41, 5.74) is 1.38. The number of benzene rings is 1. The molecular weight excluding hydrogens is 232 g/mol. The molecule has 1 heterocycles. The van der Waals surface area contributed by atoms with Crippen LogP contribution < -0.4 is 10.6 Å². The summed E-state index contributed by atoms with van der Waals surface area (Å²) < 4.78 is 0. The lowest BCUT2D eigenvalue weighted by Gasteiger charge is -2.26. The van der Waals surface area contributed by atoms with Gasteiger partial charge in [-0.1, -0.05) is 6.07 Å². The minimum atomic E-state index is -0.980. The minimum Gasteiger partial charge on any atom is -0.478 e. The van der Waals surface area contributed by atoms with Crippen LogP contribution >= 0.6 is 0 Å². The van der Waals surface area contributed by atoms with Crippen molar-refractivity contribution in [3.8, 4) is 0 Å². The second kappa shape index (κ2) is 5.18. The van der Waals surface area contributed by atoms with Crippen LogP contribution in [0.1, 0.15) is 22.3 Å². The number of aromatic carboxylic acids is 1. The third-order valence-corrected chi connectivity index (χ3v) is 3.18. The molecule has 0 saturated carbocycles. The van der Waals surface area contributed by atoms with Crippen molar-refractivity contribution >= 4 is 17.6 Å². The fourth-order valence-electron chi connectivity index (χ4n) is 1.96. The highest BCUT2D eigenvalue weighted by atomic mass is 16.4. The Labute approximate surface area is 105 Å². The lowest BCUT2D eigenvalue weighted by molar-refractivity contribution is -0.117. The Kier molecular flexibility index (Phi) is 3.62. The van der Waals surface area contributed by atoms with Gasteiger partial charge >= 0.3 is 5.97 Å². The molecule has 0 unspecified atom stereocenters. The fraction of sp³-hybridized carbons (Fsp3) is 0.385. The fourth-order valence-corrected chi connectivity index (χ4v) is 1.96. The molecular formula is C13H16N2O3. The average Bonchev–Trinajstić information content (AvgIpc) is 2.26. The number of nitrogens with one attached hydrogen (secondary N) is 2. The van der Waals surface area contributed by atoms with E-state index in [0.29, 0.717) is 23.6 Å². The largest absolute Gasteiger partial charge is 0.478 e. The first-order valence-electron chi connectivity index (χ1n) is 5.91. The summed E-state index contributed by atoms with van der Waals surface area (Å²) in [6, 6.07) is 4.89. The zero-order valence-corrected chi connectivity index (χ0v) is 10.2. The van der Waals surface area contributed by atoms with Crippen LogP contribution in [0.25, 0.3) is 0 Å². The topological polar surface area (TPSA) is 78.4 Å². The SMILES string of the molecule is Cc1c(NC(=O)CC2CNC2)cccc1C(=O)O. The maximum absolute atomic E-state index is 11.8. The molecule has 1 saturated heterocycles. The van der Waals surface area contributed by atoms with Crippen molar-refractivity contribution in [2.75, 3.05) is 18.4 Å². The number of carboxylic acid groups (broad SMARTS) is 1. The number of carbonyl (C=O) groups is 2. The van der Waals surface area contributed by atoms with E-state index in [-0.39, 0.29) is 11.5 Å². The van der Waals surface area contributed by atoms with Crippen molar-refractivity contribution in [3.63, 3.8) is 0 Å². The highest BCUT2D eigenvalue weighted by Crippen LogP contribution is 2.20. The van der Waals surface area contributed by atoms with Gasteiger partial charge in [0.2, 0.25) is 5.91 Å². The van der Waals surface area contributed by atoms with Crippen LogP contribution in [0, 0.1) is 12.8 Å². The molecule has 18 heavy (non-hydrogen) atoms. The number of anilines is 1. The van der Waals surface area contributed by atoms with E-state index in [0.717, 1.165) is 13.1 Å². The van der Waals surface area contributed by atoms with Crippen LogP contribution in [0.15, 0.2) is 18.2 Å². The van der Waals surface area contributed by atoms with Crippen molar-refractivity contribution in [1.29, 1.82) is 0 Å². The van der Waals surface area contributed by atoms with Crippen molar-refractivity contribution in [1.82, 2.24) is 5.32 Å². The molecule has 1 fully saturated rings. The zero-order valence-electron chi connectivity index (χ0n) is 10.2. The van der Waals surface area contributed by atoms with E-state index in [9.17, 15) is 9.59 Å². The van der Waals surface area contributed by atoms with Gasteiger partial charge in [0.15, 0.2) is 0 Å². The molecule has 5 nitrogen and oxygen atoms in total. The van der Waals surface area contributed by atoms with Gasteiger partial charge in [-0.25, -0.2) is 4.79 Å². The Hall–Kier alpha value is -1.88. The predicted molar refractivity (Wildman–Crippen MR) is 67.7 cm³/mol. The number of carbonyl (C=O) groups excluding carboxylic acids is 1. The first kappa shape index (κ1) is 12.6. The van der Waals surface area contributed by atoms with Crippen molar-refractivity contribution in [2.24, 2.45) is 5.92 Å². The van der Waals surface area contributed by atoms with Gasteiger partial charge in [-0.05, 0) is 43.6 Å². The van der Waals surface area contributed by atoms with Crippen LogP contribution in [0.4, 0.5) is 5.69 Å². The molecule has 1 amide bonds. The van der Waals surface area contributed by atoms with Crippen LogP contribution in [0.2, 0.25) is 0 Å².